The van der Waals surface area contributed by atoms with Gasteiger partial charge in [-0.15, -0.1) is 0 Å². The Morgan fingerprint density at radius 3 is 2.78 bits per heavy atom. The summed E-state index contributed by atoms with van der Waals surface area (Å²) in [4.78, 5) is 8.16. The van der Waals surface area contributed by atoms with E-state index >= 15 is 0 Å². The van der Waals surface area contributed by atoms with E-state index in [0.29, 0.717) is 25.1 Å². The van der Waals surface area contributed by atoms with Gasteiger partial charge in [-0.25, -0.2) is 18.4 Å². The fourth-order valence-corrected chi connectivity index (χ4v) is 4.62. The van der Waals surface area contributed by atoms with Gasteiger partial charge in [-0.1, -0.05) is 0 Å². The summed E-state index contributed by atoms with van der Waals surface area (Å²) in [5, 5.41) is 9.10. The molecule has 0 saturated carbocycles. The van der Waals surface area contributed by atoms with E-state index in [0.717, 1.165) is 5.56 Å². The zero-order valence-electron chi connectivity index (χ0n) is 15.1. The molecule has 27 heavy (non-hydrogen) atoms. The molecule has 1 aliphatic rings. The topological polar surface area (TPSA) is 105 Å². The first kappa shape index (κ1) is 19.1. The largest absolute Gasteiger partial charge is 0.496 e. The second kappa shape index (κ2) is 7.90. The molecule has 3 rings (SSSR count). The zero-order chi connectivity index (χ0) is 19.4. The summed E-state index contributed by atoms with van der Waals surface area (Å²) in [7, 11) is -2.11. The zero-order valence-corrected chi connectivity index (χ0v) is 15.9. The van der Waals surface area contributed by atoms with Gasteiger partial charge < -0.3 is 9.47 Å². The first-order valence-corrected chi connectivity index (χ1v) is 9.92. The highest BCUT2D eigenvalue weighted by Gasteiger charge is 2.32. The lowest BCUT2D eigenvalue weighted by atomic mass is 10.1. The Bertz CT molecular complexity index is 972. The minimum absolute atomic E-state index is 0.0864. The molecule has 0 spiro atoms. The molecule has 1 saturated heterocycles. The van der Waals surface area contributed by atoms with Gasteiger partial charge in [0, 0.05) is 18.9 Å². The van der Waals surface area contributed by atoms with E-state index in [-0.39, 0.29) is 23.0 Å². The van der Waals surface area contributed by atoms with Crippen molar-refractivity contribution in [3.63, 3.8) is 0 Å². The van der Waals surface area contributed by atoms with Crippen molar-refractivity contribution in [2.24, 2.45) is 0 Å². The number of hydrogen-bond donors (Lipinski definition) is 0. The molecule has 0 radical (unpaired) electrons. The highest BCUT2D eigenvalue weighted by Crippen LogP contribution is 2.27. The van der Waals surface area contributed by atoms with Crippen LogP contribution in [-0.2, 0) is 10.0 Å². The third-order valence-corrected chi connectivity index (χ3v) is 6.25. The number of methoxy groups -OCH3 is 1. The van der Waals surface area contributed by atoms with Gasteiger partial charge in [0.25, 0.3) is 5.88 Å². The van der Waals surface area contributed by atoms with Gasteiger partial charge >= 0.3 is 0 Å². The van der Waals surface area contributed by atoms with Crippen LogP contribution >= 0.6 is 0 Å². The molecule has 1 atom stereocenters. The highest BCUT2D eigenvalue weighted by molar-refractivity contribution is 7.89. The van der Waals surface area contributed by atoms with E-state index in [2.05, 4.69) is 9.97 Å². The first-order chi connectivity index (χ1) is 13.0. The lowest BCUT2D eigenvalue weighted by Gasteiger charge is -2.32. The van der Waals surface area contributed by atoms with Crippen LogP contribution in [-0.4, -0.2) is 49.0 Å². The second-order valence-electron chi connectivity index (χ2n) is 6.20. The molecule has 1 aliphatic heterocycles. The molecule has 0 amide bonds. The third-order valence-electron chi connectivity index (χ3n) is 4.39. The smallest absolute Gasteiger partial charge is 0.251 e. The van der Waals surface area contributed by atoms with Crippen LogP contribution in [0.15, 0.2) is 35.5 Å². The minimum atomic E-state index is -3.65. The van der Waals surface area contributed by atoms with Gasteiger partial charge in [-0.2, -0.15) is 9.57 Å². The van der Waals surface area contributed by atoms with Gasteiger partial charge in [0.05, 0.1) is 18.6 Å². The lowest BCUT2D eigenvalue weighted by Crippen LogP contribution is -2.44. The summed E-state index contributed by atoms with van der Waals surface area (Å²) < 4.78 is 38.4. The Morgan fingerprint density at radius 2 is 2.07 bits per heavy atom. The lowest BCUT2D eigenvalue weighted by molar-refractivity contribution is 0.124. The predicted molar refractivity (Wildman–Crippen MR) is 96.9 cm³/mol. The Labute approximate surface area is 158 Å². The summed E-state index contributed by atoms with van der Waals surface area (Å²) in [6.45, 7) is 2.41. The van der Waals surface area contributed by atoms with E-state index in [1.54, 1.807) is 32.2 Å². The van der Waals surface area contributed by atoms with Crippen LogP contribution in [0.5, 0.6) is 11.6 Å². The number of nitrogens with zero attached hydrogens (tertiary/aromatic N) is 4. The molecule has 9 heteroatoms. The molecule has 1 aromatic heterocycles. The average molecular weight is 388 g/mol. The Hall–Kier alpha value is -2.70. The maximum Gasteiger partial charge on any atom is 0.251 e. The number of nitriles is 1. The molecule has 8 nitrogen and oxygen atoms in total. The van der Waals surface area contributed by atoms with E-state index in [9.17, 15) is 8.42 Å². The Kier molecular flexibility index (Phi) is 5.58. The summed E-state index contributed by atoms with van der Waals surface area (Å²) in [5.74, 6) is 0.769. The van der Waals surface area contributed by atoms with Gasteiger partial charge in [-0.3, -0.25) is 0 Å². The number of aryl methyl sites for hydroxylation is 1. The summed E-state index contributed by atoms with van der Waals surface area (Å²) >= 11 is 0. The van der Waals surface area contributed by atoms with E-state index in [1.807, 2.05) is 6.07 Å². The van der Waals surface area contributed by atoms with Crippen LogP contribution in [0.3, 0.4) is 0 Å². The molecule has 2 aromatic rings. The maximum atomic E-state index is 13.0. The van der Waals surface area contributed by atoms with Gasteiger partial charge in [-0.05, 0) is 43.5 Å². The highest BCUT2D eigenvalue weighted by atomic mass is 32.2. The van der Waals surface area contributed by atoms with Crippen molar-refractivity contribution in [1.29, 1.82) is 5.26 Å². The number of rotatable bonds is 5. The second-order valence-corrected chi connectivity index (χ2v) is 8.14. The van der Waals surface area contributed by atoms with Crippen molar-refractivity contribution in [2.45, 2.75) is 30.8 Å². The number of hydrogen-bond acceptors (Lipinski definition) is 7. The van der Waals surface area contributed by atoms with E-state index in [1.165, 1.54) is 16.7 Å². The molecule has 0 N–H and O–H groups in total. The van der Waals surface area contributed by atoms with E-state index in [4.69, 9.17) is 14.7 Å². The van der Waals surface area contributed by atoms with Gasteiger partial charge in [0.15, 0.2) is 0 Å². The standard InChI is InChI=1S/C18H20N4O4S/c1-13-10-15(5-6-17(13)25-2)27(23,24)22-9-3-4-14(12-22)26-18-16(11-19)20-7-8-21-18/h5-8,10,14H,3-4,9,12H2,1-2H3/t14-/m1/s1. The molecule has 0 aliphatic carbocycles. The third kappa shape index (κ3) is 4.02. The number of sulfonamides is 1. The molecule has 2 heterocycles. The fraction of sp³-hybridized carbons (Fsp3) is 0.389. The molecule has 142 valence electrons. The van der Waals surface area contributed by atoms with Gasteiger partial charge in [0.1, 0.15) is 17.9 Å². The monoisotopic (exact) mass is 388 g/mol. The summed E-state index contributed by atoms with van der Waals surface area (Å²) in [6.07, 6.45) is 3.79. The predicted octanol–water partition coefficient (Wildman–Crippen LogP) is 1.90. The van der Waals surface area contributed by atoms with Crippen molar-refractivity contribution in [2.75, 3.05) is 20.2 Å². The molecule has 0 bridgehead atoms. The molecule has 1 fully saturated rings. The van der Waals surface area contributed by atoms with Crippen molar-refractivity contribution < 1.29 is 17.9 Å². The van der Waals surface area contributed by atoms with Crippen LogP contribution in [0.25, 0.3) is 0 Å². The molecular weight excluding hydrogens is 368 g/mol. The van der Waals surface area contributed by atoms with Crippen molar-refractivity contribution in [3.05, 3.63) is 41.9 Å². The summed E-state index contributed by atoms with van der Waals surface area (Å²) in [6, 6.07) is 6.73. The summed E-state index contributed by atoms with van der Waals surface area (Å²) in [5.41, 5.74) is 0.838. The fourth-order valence-electron chi connectivity index (χ4n) is 3.03. The van der Waals surface area contributed by atoms with Crippen LogP contribution < -0.4 is 9.47 Å². The quantitative estimate of drug-likeness (QED) is 0.770. The maximum absolute atomic E-state index is 13.0. The Morgan fingerprint density at radius 1 is 1.30 bits per heavy atom. The van der Waals surface area contributed by atoms with Gasteiger partial charge in [0.2, 0.25) is 15.7 Å². The number of aromatic nitrogens is 2. The molecule has 0 unspecified atom stereocenters. The van der Waals surface area contributed by atoms with Crippen molar-refractivity contribution in [3.8, 4) is 17.7 Å². The normalized spacial score (nSPS) is 17.9. The first-order valence-electron chi connectivity index (χ1n) is 8.48. The van der Waals surface area contributed by atoms with Crippen LogP contribution in [0.2, 0.25) is 0 Å². The average Bonchev–Trinajstić information content (AvgIpc) is 2.68. The number of benzene rings is 1. The van der Waals surface area contributed by atoms with Crippen LogP contribution in [0.1, 0.15) is 24.1 Å². The Balaban J connectivity index is 1.79. The number of piperidine rings is 1. The van der Waals surface area contributed by atoms with Crippen LogP contribution in [0.4, 0.5) is 0 Å². The molecule has 1 aromatic carbocycles. The SMILES string of the molecule is COc1ccc(S(=O)(=O)N2CCC[C@@H](Oc3nccnc3C#N)C2)cc1C. The molecular formula is C18H20N4O4S. The number of ether oxygens (including phenoxy) is 2. The van der Waals surface area contributed by atoms with E-state index < -0.39 is 16.1 Å². The van der Waals surface area contributed by atoms with Crippen molar-refractivity contribution >= 4 is 10.0 Å². The minimum Gasteiger partial charge on any atom is -0.496 e. The van der Waals surface area contributed by atoms with Crippen molar-refractivity contribution in [1.82, 2.24) is 14.3 Å². The van der Waals surface area contributed by atoms with Crippen LogP contribution in [0, 0.1) is 18.3 Å².